The van der Waals surface area contributed by atoms with E-state index in [2.05, 4.69) is 6.92 Å². The van der Waals surface area contributed by atoms with Crippen LogP contribution >= 0.6 is 0 Å². The molecule has 0 aromatic heterocycles. The minimum Gasteiger partial charge on any atom is -0.399 e. The van der Waals surface area contributed by atoms with E-state index in [-0.39, 0.29) is 32.8 Å². The van der Waals surface area contributed by atoms with E-state index in [0.29, 0.717) is 6.42 Å². The topological polar surface area (TPSA) is 20.2 Å². The van der Waals surface area contributed by atoms with Crippen molar-refractivity contribution in [2.24, 2.45) is 0 Å². The number of aliphatic hydroxyl groups excluding tert-OH is 1. The maximum absolute atomic E-state index is 7.81. The third-order valence-electron chi connectivity index (χ3n) is 0.158. The zero-order chi connectivity index (χ0) is 3.41. The number of hydrogen-bond donors (Lipinski definition) is 1. The predicted molar refractivity (Wildman–Crippen MR) is 17.1 cm³/mol. The summed E-state index contributed by atoms with van der Waals surface area (Å²) in [6.07, 6.45) is 0.625. The van der Waals surface area contributed by atoms with Crippen LogP contribution < -0.4 is 0 Å². The second kappa shape index (κ2) is 8.85. The molecule has 0 aliphatic rings. The van der Waals surface area contributed by atoms with E-state index >= 15 is 0 Å². The molecule has 0 aromatic rings. The molecule has 0 fully saturated rings. The van der Waals surface area contributed by atoms with Crippen molar-refractivity contribution in [1.82, 2.24) is 0 Å². The summed E-state index contributed by atoms with van der Waals surface area (Å²) in [6.45, 7) is 3.56. The van der Waals surface area contributed by atoms with E-state index in [1.165, 1.54) is 0 Å². The van der Waals surface area contributed by atoms with Crippen molar-refractivity contribution in [2.75, 3.05) is 6.61 Å². The summed E-state index contributed by atoms with van der Waals surface area (Å²) >= 11 is 0. The fourth-order valence-electron chi connectivity index (χ4n) is 0. The predicted octanol–water partition coefficient (Wildman–Crippen LogP) is 0.200. The van der Waals surface area contributed by atoms with Gasteiger partial charge in [0.1, 0.15) is 0 Å². The van der Waals surface area contributed by atoms with Crippen molar-refractivity contribution >= 4 is 0 Å². The second-order valence-electron chi connectivity index (χ2n) is 0.577. The van der Waals surface area contributed by atoms with Gasteiger partial charge in [-0.05, 0) is 0 Å². The molecule has 0 bridgehead atoms. The molecule has 2 heteroatoms. The Balaban J connectivity index is 0. The molecule has 0 saturated heterocycles. The number of rotatable bonds is 1. The van der Waals surface area contributed by atoms with E-state index in [1.54, 1.807) is 0 Å². The van der Waals surface area contributed by atoms with Crippen LogP contribution in [0.2, 0.25) is 0 Å². The molecule has 0 rings (SSSR count). The Bertz CT molecular complexity index is 8.85. The van der Waals surface area contributed by atoms with Crippen LogP contribution in [0, 0.1) is 6.92 Å². The van der Waals surface area contributed by atoms with E-state index in [1.807, 2.05) is 0 Å². The van der Waals surface area contributed by atoms with Crippen molar-refractivity contribution in [2.45, 2.75) is 6.42 Å². The summed E-state index contributed by atoms with van der Waals surface area (Å²) in [7, 11) is 0. The monoisotopic (exact) mass is 149 g/mol. The molecule has 30 valence electrons. The molecule has 0 aromatic carbocycles. The molecule has 0 unspecified atom stereocenters. The Labute approximate surface area is 51.5 Å². The summed E-state index contributed by atoms with van der Waals surface area (Å²) in [5, 5.41) is 7.81. The second-order valence-corrected chi connectivity index (χ2v) is 0.577. The van der Waals surface area contributed by atoms with Crippen LogP contribution in [0.4, 0.5) is 0 Å². The zero-order valence-electron chi connectivity index (χ0n) is 3.07. The van der Waals surface area contributed by atoms with Gasteiger partial charge in [0.05, 0.1) is 0 Å². The van der Waals surface area contributed by atoms with Gasteiger partial charge in [-0.15, -0.1) is 0 Å². The fraction of sp³-hybridized carbons (Fsp3) is 0.667. The largest absolute Gasteiger partial charge is 0.399 e. The fourth-order valence-corrected chi connectivity index (χ4v) is 0. The van der Waals surface area contributed by atoms with Crippen LogP contribution in [0.5, 0.6) is 0 Å². The van der Waals surface area contributed by atoms with Crippen LogP contribution in [0.25, 0.3) is 0 Å². The van der Waals surface area contributed by atoms with Crippen LogP contribution in [-0.4, -0.2) is 11.7 Å². The SMILES string of the molecule is [CH2-]CCO.[Zr]. The van der Waals surface area contributed by atoms with E-state index in [0.717, 1.165) is 0 Å². The summed E-state index contributed by atoms with van der Waals surface area (Å²) in [5.74, 6) is 0. The van der Waals surface area contributed by atoms with Crippen molar-refractivity contribution < 1.29 is 31.3 Å². The third-order valence-corrected chi connectivity index (χ3v) is 0.158. The molecule has 0 aliphatic carbocycles. The smallest absolute Gasteiger partial charge is 0.0159 e. The van der Waals surface area contributed by atoms with Gasteiger partial charge in [0, 0.05) is 32.8 Å². The Morgan fingerprint density at radius 3 is 1.80 bits per heavy atom. The van der Waals surface area contributed by atoms with Gasteiger partial charge in [-0.1, -0.05) is 0 Å². The van der Waals surface area contributed by atoms with Crippen molar-refractivity contribution in [3.63, 3.8) is 0 Å². The Morgan fingerprint density at radius 2 is 1.80 bits per heavy atom. The number of hydrogen-bond acceptors (Lipinski definition) is 1. The van der Waals surface area contributed by atoms with Crippen LogP contribution in [0.3, 0.4) is 0 Å². The first-order valence-electron chi connectivity index (χ1n) is 1.32. The summed E-state index contributed by atoms with van der Waals surface area (Å²) in [4.78, 5) is 0. The standard InChI is InChI=1S/C3H7O.Zr/c1-2-3-4;/h4H,1-3H2;/q-1;. The van der Waals surface area contributed by atoms with Crippen LogP contribution in [0.15, 0.2) is 0 Å². The molecule has 0 heterocycles. The molecule has 1 nitrogen and oxygen atoms in total. The summed E-state index contributed by atoms with van der Waals surface area (Å²) < 4.78 is 0. The third kappa shape index (κ3) is 11.5. The molecule has 0 saturated carbocycles. The van der Waals surface area contributed by atoms with Crippen molar-refractivity contribution in [1.29, 1.82) is 0 Å². The van der Waals surface area contributed by atoms with Gasteiger partial charge in [0.15, 0.2) is 0 Å². The van der Waals surface area contributed by atoms with Crippen molar-refractivity contribution in [3.05, 3.63) is 6.92 Å². The van der Waals surface area contributed by atoms with E-state index in [4.69, 9.17) is 5.11 Å². The summed E-state index contributed by atoms with van der Waals surface area (Å²) in [5.41, 5.74) is 0. The molecule has 0 amide bonds. The van der Waals surface area contributed by atoms with Gasteiger partial charge in [0.2, 0.25) is 0 Å². The first-order valence-corrected chi connectivity index (χ1v) is 1.32. The van der Waals surface area contributed by atoms with Crippen LogP contribution in [0.1, 0.15) is 6.42 Å². The maximum atomic E-state index is 7.81. The average molecular weight is 150 g/mol. The molecule has 0 atom stereocenters. The normalized spacial score (nSPS) is 6.00. The Morgan fingerprint density at radius 1 is 1.60 bits per heavy atom. The first-order chi connectivity index (χ1) is 1.91. The first kappa shape index (κ1) is 9.28. The molecule has 5 heavy (non-hydrogen) atoms. The van der Waals surface area contributed by atoms with Gasteiger partial charge < -0.3 is 12.0 Å². The van der Waals surface area contributed by atoms with Gasteiger partial charge in [-0.3, -0.25) is 0 Å². The van der Waals surface area contributed by atoms with E-state index in [9.17, 15) is 0 Å². The van der Waals surface area contributed by atoms with Gasteiger partial charge >= 0.3 is 0 Å². The number of aliphatic hydroxyl groups is 1. The molecule has 0 spiro atoms. The maximum Gasteiger partial charge on any atom is 0.0159 e. The molecular weight excluding hydrogens is 143 g/mol. The van der Waals surface area contributed by atoms with E-state index < -0.39 is 0 Å². The van der Waals surface area contributed by atoms with Gasteiger partial charge in [-0.2, -0.15) is 6.42 Å². The Kier molecular flexibility index (Phi) is 16.4. The molecule has 0 aliphatic heterocycles. The summed E-state index contributed by atoms with van der Waals surface area (Å²) in [6, 6.07) is 0. The zero-order valence-corrected chi connectivity index (χ0v) is 5.53. The molecular formula is C3H7OZr-. The molecule has 0 radical (unpaired) electrons. The minimum absolute atomic E-state index is 0. The average Bonchev–Trinajstić information content (AvgIpc) is 1.37. The van der Waals surface area contributed by atoms with Crippen LogP contribution in [-0.2, 0) is 26.2 Å². The quantitative estimate of drug-likeness (QED) is 0.530. The molecule has 1 N–H and O–H groups in total. The van der Waals surface area contributed by atoms with Gasteiger partial charge in [0.25, 0.3) is 0 Å². The Hall–Kier alpha value is 0.843. The minimum atomic E-state index is 0. The van der Waals surface area contributed by atoms with Gasteiger partial charge in [-0.25, -0.2) is 0 Å². The van der Waals surface area contributed by atoms with Crippen molar-refractivity contribution in [3.8, 4) is 0 Å².